The quantitative estimate of drug-likeness (QED) is 0.192. The molecule has 4 heteroatoms. The van der Waals surface area contributed by atoms with Crippen molar-refractivity contribution in [3.05, 3.63) is 94.6 Å². The lowest BCUT2D eigenvalue weighted by Crippen LogP contribution is -2.03. The summed E-state index contributed by atoms with van der Waals surface area (Å²) < 4.78 is 0. The van der Waals surface area contributed by atoms with Crippen LogP contribution >= 0.6 is 0 Å². The van der Waals surface area contributed by atoms with Gasteiger partial charge in [-0.2, -0.15) is 0 Å². The Morgan fingerprint density at radius 3 is 2.27 bits per heavy atom. The van der Waals surface area contributed by atoms with Crippen molar-refractivity contribution in [3.8, 4) is 0 Å². The summed E-state index contributed by atoms with van der Waals surface area (Å²) in [5.41, 5.74) is 4.51. The van der Waals surface area contributed by atoms with Gasteiger partial charge in [0.1, 0.15) is 0 Å². The Morgan fingerprint density at radius 1 is 0.962 bits per heavy atom. The normalized spacial score (nSPS) is 10.6. The summed E-state index contributed by atoms with van der Waals surface area (Å²) in [4.78, 5) is 10.3. The van der Waals surface area contributed by atoms with Crippen molar-refractivity contribution >= 4 is 23.5 Å². The highest BCUT2D eigenvalue weighted by atomic mass is 16.6. The molecule has 0 unspecified atom stereocenters. The number of aryl methyl sites for hydroxylation is 1. The van der Waals surface area contributed by atoms with E-state index in [1.54, 1.807) is 12.1 Å². The first kappa shape index (κ1) is 19.2. The van der Waals surface area contributed by atoms with Gasteiger partial charge in [0, 0.05) is 24.4 Å². The predicted molar refractivity (Wildman–Crippen MR) is 110 cm³/mol. The fraction of sp³-hybridized carbons (Fsp3) is 0.182. The van der Waals surface area contributed by atoms with Gasteiger partial charge < -0.3 is 5.32 Å². The summed E-state index contributed by atoms with van der Waals surface area (Å²) in [7, 11) is 0. The first-order valence-corrected chi connectivity index (χ1v) is 8.65. The molecule has 134 valence electrons. The van der Waals surface area contributed by atoms with E-state index in [4.69, 9.17) is 0 Å². The Bertz CT molecular complexity index is 792. The van der Waals surface area contributed by atoms with Crippen molar-refractivity contribution in [2.75, 3.05) is 11.9 Å². The minimum Gasteiger partial charge on any atom is -0.385 e. The highest BCUT2D eigenvalue weighted by molar-refractivity contribution is 5.72. The molecule has 26 heavy (non-hydrogen) atoms. The van der Waals surface area contributed by atoms with Gasteiger partial charge in [-0.1, -0.05) is 30.4 Å². The van der Waals surface area contributed by atoms with Crippen molar-refractivity contribution in [1.29, 1.82) is 0 Å². The smallest absolute Gasteiger partial charge is 0.269 e. The first-order valence-electron chi connectivity index (χ1n) is 8.65. The molecular formula is C22H24N2O2. The lowest BCUT2D eigenvalue weighted by atomic mass is 10.0. The monoisotopic (exact) mass is 348 g/mol. The van der Waals surface area contributed by atoms with Gasteiger partial charge in [0.05, 0.1) is 4.92 Å². The third-order valence-corrected chi connectivity index (χ3v) is 3.98. The van der Waals surface area contributed by atoms with E-state index in [9.17, 15) is 10.1 Å². The molecule has 0 aliphatic rings. The Balaban J connectivity index is 2.15. The molecule has 2 aromatic carbocycles. The number of nitrogens with zero attached hydrogens (tertiary/aromatic N) is 1. The molecule has 0 aliphatic heterocycles. The van der Waals surface area contributed by atoms with Gasteiger partial charge in [0.15, 0.2) is 0 Å². The summed E-state index contributed by atoms with van der Waals surface area (Å²) in [5, 5.41) is 14.2. The third-order valence-electron chi connectivity index (χ3n) is 3.98. The molecule has 2 rings (SSSR count). The molecule has 0 atom stereocenters. The van der Waals surface area contributed by atoms with E-state index in [1.165, 1.54) is 17.7 Å². The standard InChI is InChI=1S/C22H24N2O2/c1-3-5-7-20-17-19(12-15-22(20)23-16-6-4-2)9-8-18-10-13-21(14-11-18)24(25)26/h3-4,8-15,17,23H,1-2,5-7,16H2. The van der Waals surface area contributed by atoms with Crippen LogP contribution in [0.2, 0.25) is 0 Å². The summed E-state index contributed by atoms with van der Waals surface area (Å²) >= 11 is 0. The summed E-state index contributed by atoms with van der Waals surface area (Å²) in [6.45, 7) is 8.41. The number of nitro groups is 1. The first-order chi connectivity index (χ1) is 12.6. The van der Waals surface area contributed by atoms with Gasteiger partial charge in [-0.25, -0.2) is 0 Å². The van der Waals surface area contributed by atoms with Gasteiger partial charge in [-0.15, -0.1) is 13.2 Å². The van der Waals surface area contributed by atoms with E-state index < -0.39 is 4.92 Å². The van der Waals surface area contributed by atoms with E-state index >= 15 is 0 Å². The average Bonchev–Trinajstić information content (AvgIpc) is 2.66. The number of anilines is 1. The van der Waals surface area contributed by atoms with Crippen LogP contribution in [-0.2, 0) is 6.42 Å². The van der Waals surface area contributed by atoms with E-state index in [2.05, 4.69) is 36.7 Å². The molecule has 0 spiro atoms. The van der Waals surface area contributed by atoms with E-state index in [1.807, 2.05) is 24.3 Å². The average molecular weight is 348 g/mol. The topological polar surface area (TPSA) is 55.2 Å². The number of benzene rings is 2. The largest absolute Gasteiger partial charge is 0.385 e. The molecule has 0 fully saturated rings. The van der Waals surface area contributed by atoms with Crippen LogP contribution in [0.25, 0.3) is 12.2 Å². The second-order valence-corrected chi connectivity index (χ2v) is 5.93. The molecule has 0 amide bonds. The van der Waals surface area contributed by atoms with Crippen molar-refractivity contribution in [2.45, 2.75) is 19.3 Å². The lowest BCUT2D eigenvalue weighted by molar-refractivity contribution is -0.384. The van der Waals surface area contributed by atoms with Gasteiger partial charge >= 0.3 is 0 Å². The fourth-order valence-corrected chi connectivity index (χ4v) is 2.56. The highest BCUT2D eigenvalue weighted by Gasteiger charge is 2.04. The van der Waals surface area contributed by atoms with Crippen LogP contribution < -0.4 is 5.32 Å². The number of rotatable bonds is 10. The maximum absolute atomic E-state index is 10.7. The van der Waals surface area contributed by atoms with Crippen molar-refractivity contribution in [3.63, 3.8) is 0 Å². The summed E-state index contributed by atoms with van der Waals surface area (Å²) in [6, 6.07) is 12.9. The van der Waals surface area contributed by atoms with Crippen molar-refractivity contribution in [2.24, 2.45) is 0 Å². The molecule has 1 N–H and O–H groups in total. The van der Waals surface area contributed by atoms with Crippen LogP contribution in [0, 0.1) is 10.1 Å². The second kappa shape index (κ2) is 9.99. The van der Waals surface area contributed by atoms with Gasteiger partial charge in [0.25, 0.3) is 5.69 Å². The van der Waals surface area contributed by atoms with Crippen LogP contribution in [0.1, 0.15) is 29.5 Å². The van der Waals surface area contributed by atoms with Gasteiger partial charge in [-0.3, -0.25) is 10.1 Å². The molecule has 0 aromatic heterocycles. The number of allylic oxidation sites excluding steroid dienone is 1. The molecule has 2 aromatic rings. The van der Waals surface area contributed by atoms with Crippen LogP contribution in [0.5, 0.6) is 0 Å². The Labute approximate surface area is 154 Å². The van der Waals surface area contributed by atoms with Crippen LogP contribution in [-0.4, -0.2) is 11.5 Å². The van der Waals surface area contributed by atoms with E-state index in [0.717, 1.165) is 42.6 Å². The van der Waals surface area contributed by atoms with E-state index in [0.29, 0.717) is 0 Å². The minimum absolute atomic E-state index is 0.101. The molecule has 0 radical (unpaired) electrons. The molecule has 0 aliphatic carbocycles. The maximum Gasteiger partial charge on any atom is 0.269 e. The highest BCUT2D eigenvalue weighted by Crippen LogP contribution is 2.21. The molecule has 0 heterocycles. The predicted octanol–water partition coefficient (Wildman–Crippen LogP) is 5.87. The van der Waals surface area contributed by atoms with Crippen LogP contribution in [0.3, 0.4) is 0 Å². The number of hydrogen-bond donors (Lipinski definition) is 1. The van der Waals surface area contributed by atoms with Gasteiger partial charge in [0.2, 0.25) is 0 Å². The zero-order valence-corrected chi connectivity index (χ0v) is 14.9. The number of non-ortho nitro benzene ring substituents is 1. The Kier molecular flexibility index (Phi) is 7.37. The molecule has 0 saturated heterocycles. The van der Waals surface area contributed by atoms with Crippen LogP contribution in [0.15, 0.2) is 67.8 Å². The molecule has 0 saturated carbocycles. The third kappa shape index (κ3) is 5.74. The summed E-state index contributed by atoms with van der Waals surface area (Å²) in [5.74, 6) is 0. The fourth-order valence-electron chi connectivity index (χ4n) is 2.56. The Morgan fingerprint density at radius 2 is 1.62 bits per heavy atom. The van der Waals surface area contributed by atoms with Crippen molar-refractivity contribution < 1.29 is 4.92 Å². The summed E-state index contributed by atoms with van der Waals surface area (Å²) in [6.07, 6.45) is 10.6. The zero-order valence-electron chi connectivity index (χ0n) is 14.9. The SMILES string of the molecule is C=CCCNc1ccc(C=Cc2ccc([N+](=O)[O-])cc2)cc1CCC=C. The second-order valence-electron chi connectivity index (χ2n) is 5.93. The van der Waals surface area contributed by atoms with Crippen molar-refractivity contribution in [1.82, 2.24) is 0 Å². The van der Waals surface area contributed by atoms with E-state index in [-0.39, 0.29) is 5.69 Å². The zero-order chi connectivity index (χ0) is 18.8. The number of nitrogens with one attached hydrogen (secondary N) is 1. The Hall–Kier alpha value is -3.14. The number of nitro benzene ring substituents is 1. The maximum atomic E-state index is 10.7. The minimum atomic E-state index is -0.391. The van der Waals surface area contributed by atoms with Gasteiger partial charge in [-0.05, 0) is 60.2 Å². The van der Waals surface area contributed by atoms with Crippen LogP contribution in [0.4, 0.5) is 11.4 Å². The molecule has 0 bridgehead atoms. The molecular weight excluding hydrogens is 324 g/mol. The molecule has 4 nitrogen and oxygen atoms in total. The number of hydrogen-bond acceptors (Lipinski definition) is 3. The lowest BCUT2D eigenvalue weighted by Gasteiger charge is -2.12.